The first-order valence-electron chi connectivity index (χ1n) is 15.9. The van der Waals surface area contributed by atoms with Crippen molar-refractivity contribution in [2.45, 2.75) is 103 Å². The van der Waals surface area contributed by atoms with Crippen molar-refractivity contribution in [1.29, 1.82) is 0 Å². The first kappa shape index (κ1) is 28.8. The van der Waals surface area contributed by atoms with Crippen molar-refractivity contribution in [2.24, 2.45) is 35.5 Å². The van der Waals surface area contributed by atoms with E-state index < -0.39 is 8.56 Å². The Kier molecular flexibility index (Phi) is 9.20. The van der Waals surface area contributed by atoms with Crippen LogP contribution in [-0.2, 0) is 8.85 Å². The van der Waals surface area contributed by atoms with Gasteiger partial charge in [0.1, 0.15) is 0 Å². The Labute approximate surface area is 239 Å². The molecule has 2 aromatic carbocycles. The van der Waals surface area contributed by atoms with E-state index in [-0.39, 0.29) is 23.3 Å². The van der Waals surface area contributed by atoms with Crippen LogP contribution in [0.3, 0.4) is 0 Å². The zero-order valence-electron chi connectivity index (χ0n) is 25.3. The van der Waals surface area contributed by atoms with Crippen LogP contribution in [-0.4, -0.2) is 20.8 Å². The van der Waals surface area contributed by atoms with Crippen LogP contribution >= 0.6 is 0 Å². The fraction of sp³-hybridized carbons (Fsp3) is 0.611. The van der Waals surface area contributed by atoms with E-state index in [9.17, 15) is 0 Å². The van der Waals surface area contributed by atoms with Crippen LogP contribution < -0.4 is 0 Å². The molecule has 39 heavy (non-hydrogen) atoms. The molecule has 0 saturated heterocycles. The molecule has 2 saturated carbocycles. The highest BCUT2D eigenvalue weighted by Crippen LogP contribution is 2.51. The number of benzene rings is 2. The van der Waals surface area contributed by atoms with Gasteiger partial charge in [0.05, 0.1) is 12.2 Å². The standard InChI is InChI=1S/C36H52O2Si/c1-25(2)31-19-17-27(5)23-33(31)37-39(38-34-24-28(6)18-20-32(34)26(3)4)35(29-13-9-7-10-14-29)21-22-36(39)30-15-11-8-12-16-30/h7-16,21-22,25-28,31-36H,17-20,23-24H2,1-6H3/t27-,28-,31+,32+,33-,34-,35+,36+/m1/s1. The maximum Gasteiger partial charge on any atom is 0.361 e. The van der Waals surface area contributed by atoms with E-state index in [1.807, 2.05) is 0 Å². The molecular weight excluding hydrogens is 492 g/mol. The highest BCUT2D eigenvalue weighted by atomic mass is 28.4. The molecule has 0 amide bonds. The molecule has 0 spiro atoms. The van der Waals surface area contributed by atoms with Gasteiger partial charge in [-0.3, -0.25) is 0 Å². The van der Waals surface area contributed by atoms with Gasteiger partial charge in [-0.25, -0.2) is 0 Å². The average molecular weight is 545 g/mol. The van der Waals surface area contributed by atoms with E-state index >= 15 is 0 Å². The first-order valence-corrected chi connectivity index (χ1v) is 17.9. The van der Waals surface area contributed by atoms with Crippen LogP contribution in [0.15, 0.2) is 72.8 Å². The van der Waals surface area contributed by atoms with Crippen molar-refractivity contribution >= 4 is 8.56 Å². The summed E-state index contributed by atoms with van der Waals surface area (Å²) >= 11 is 0. The quantitative estimate of drug-likeness (QED) is 0.243. The van der Waals surface area contributed by atoms with E-state index in [0.717, 1.165) is 12.8 Å². The van der Waals surface area contributed by atoms with Crippen LogP contribution in [0.1, 0.15) is 102 Å². The molecule has 0 N–H and O–H groups in total. The molecule has 1 aliphatic heterocycles. The molecule has 3 aliphatic rings. The molecule has 0 unspecified atom stereocenters. The van der Waals surface area contributed by atoms with Crippen molar-refractivity contribution in [3.63, 3.8) is 0 Å². The van der Waals surface area contributed by atoms with E-state index in [2.05, 4.69) is 114 Å². The van der Waals surface area contributed by atoms with Crippen LogP contribution in [0.4, 0.5) is 0 Å². The van der Waals surface area contributed by atoms with Crippen LogP contribution in [0.2, 0.25) is 0 Å². The summed E-state index contributed by atoms with van der Waals surface area (Å²) in [6, 6.07) is 22.3. The molecule has 2 nitrogen and oxygen atoms in total. The molecule has 1 heterocycles. The van der Waals surface area contributed by atoms with Crippen molar-refractivity contribution in [3.05, 3.63) is 83.9 Å². The van der Waals surface area contributed by atoms with Gasteiger partial charge in [0, 0.05) is 11.1 Å². The Morgan fingerprint density at radius 1 is 0.590 bits per heavy atom. The highest BCUT2D eigenvalue weighted by Gasteiger charge is 2.59. The monoisotopic (exact) mass is 544 g/mol. The average Bonchev–Trinajstić information content (AvgIpc) is 3.27. The number of hydrogen-bond acceptors (Lipinski definition) is 2. The van der Waals surface area contributed by atoms with Crippen LogP contribution in [0, 0.1) is 35.5 Å². The van der Waals surface area contributed by atoms with Crippen molar-refractivity contribution < 1.29 is 8.85 Å². The number of rotatable bonds is 8. The van der Waals surface area contributed by atoms with Crippen LogP contribution in [0.25, 0.3) is 0 Å². The molecule has 5 rings (SSSR count). The summed E-state index contributed by atoms with van der Waals surface area (Å²) in [7, 11) is -2.89. The molecule has 2 aromatic rings. The van der Waals surface area contributed by atoms with Gasteiger partial charge >= 0.3 is 8.56 Å². The van der Waals surface area contributed by atoms with Gasteiger partial charge in [-0.1, -0.05) is 127 Å². The Hall–Kier alpha value is -1.68. The van der Waals surface area contributed by atoms with Gasteiger partial charge in [0.15, 0.2) is 0 Å². The summed E-state index contributed by atoms with van der Waals surface area (Å²) in [5.74, 6) is 3.82. The van der Waals surface area contributed by atoms with Gasteiger partial charge in [-0.2, -0.15) is 0 Å². The molecular formula is C36H52O2Si. The van der Waals surface area contributed by atoms with E-state index in [1.165, 1.54) is 36.8 Å². The smallest absolute Gasteiger partial charge is 0.361 e. The van der Waals surface area contributed by atoms with Crippen LogP contribution in [0.5, 0.6) is 0 Å². The van der Waals surface area contributed by atoms with Gasteiger partial charge in [0.2, 0.25) is 0 Å². The van der Waals surface area contributed by atoms with E-state index in [0.29, 0.717) is 35.5 Å². The number of hydrogen-bond donors (Lipinski definition) is 0. The van der Waals surface area contributed by atoms with E-state index in [4.69, 9.17) is 8.85 Å². The Morgan fingerprint density at radius 3 is 1.33 bits per heavy atom. The van der Waals surface area contributed by atoms with Crippen molar-refractivity contribution in [2.75, 3.05) is 0 Å². The second-order valence-electron chi connectivity index (χ2n) is 13.8. The summed E-state index contributed by atoms with van der Waals surface area (Å²) in [5, 5.41) is 0. The molecule has 2 fully saturated rings. The minimum absolute atomic E-state index is 0.194. The summed E-state index contributed by atoms with van der Waals surface area (Å²) in [5.41, 5.74) is 3.10. The lowest BCUT2D eigenvalue weighted by molar-refractivity contribution is -0.0312. The third kappa shape index (κ3) is 6.16. The summed E-state index contributed by atoms with van der Waals surface area (Å²) in [6.07, 6.45) is 12.9. The van der Waals surface area contributed by atoms with Crippen molar-refractivity contribution in [1.82, 2.24) is 0 Å². The minimum Gasteiger partial charge on any atom is -0.390 e. The maximum atomic E-state index is 7.84. The van der Waals surface area contributed by atoms with E-state index in [1.54, 1.807) is 0 Å². The first-order chi connectivity index (χ1) is 18.8. The molecule has 0 radical (unpaired) electrons. The summed E-state index contributed by atoms with van der Waals surface area (Å²) in [6.45, 7) is 14.5. The van der Waals surface area contributed by atoms with Gasteiger partial charge in [-0.05, 0) is 72.3 Å². The third-order valence-electron chi connectivity index (χ3n) is 10.3. The predicted molar refractivity (Wildman–Crippen MR) is 166 cm³/mol. The molecule has 8 atom stereocenters. The number of allylic oxidation sites excluding steroid dienone is 2. The van der Waals surface area contributed by atoms with Gasteiger partial charge in [-0.15, -0.1) is 0 Å². The fourth-order valence-corrected chi connectivity index (χ4v) is 12.6. The zero-order chi connectivity index (χ0) is 27.6. The summed E-state index contributed by atoms with van der Waals surface area (Å²) in [4.78, 5) is 0. The Balaban J connectivity index is 1.64. The lowest BCUT2D eigenvalue weighted by Crippen LogP contribution is -2.58. The highest BCUT2D eigenvalue weighted by molar-refractivity contribution is 6.72. The summed E-state index contributed by atoms with van der Waals surface area (Å²) < 4.78 is 15.7. The fourth-order valence-electron chi connectivity index (χ4n) is 7.99. The normalized spacial score (nSPS) is 34.6. The van der Waals surface area contributed by atoms with Crippen molar-refractivity contribution in [3.8, 4) is 0 Å². The largest absolute Gasteiger partial charge is 0.390 e. The zero-order valence-corrected chi connectivity index (χ0v) is 26.3. The topological polar surface area (TPSA) is 18.5 Å². The SMILES string of the molecule is CC(C)[C@@H]1CC[C@@H](C)C[C@H]1O[Si]1(O[C@@H]2C[C@H](C)CC[C@H]2C(C)C)[C@H](c2ccccc2)C=C[C@H]1c1ccccc1. The Morgan fingerprint density at radius 2 is 0.974 bits per heavy atom. The molecule has 3 heteroatoms. The molecule has 0 aromatic heterocycles. The predicted octanol–water partition coefficient (Wildman–Crippen LogP) is 9.60. The molecule has 0 bridgehead atoms. The van der Waals surface area contributed by atoms with Gasteiger partial charge in [0.25, 0.3) is 0 Å². The van der Waals surface area contributed by atoms with Gasteiger partial charge < -0.3 is 8.85 Å². The maximum absolute atomic E-state index is 7.84. The second-order valence-corrected chi connectivity index (χ2v) is 17.0. The lowest BCUT2D eigenvalue weighted by Gasteiger charge is -2.49. The molecule has 2 aliphatic carbocycles. The Bertz CT molecular complexity index is 978. The third-order valence-corrected chi connectivity index (χ3v) is 14.4. The minimum atomic E-state index is -2.89. The lowest BCUT2D eigenvalue weighted by atomic mass is 9.75. The second kappa shape index (κ2) is 12.5. The molecule has 212 valence electrons.